The molecule has 8 heteroatoms. The highest BCUT2D eigenvalue weighted by atomic mass is 32.2. The Labute approximate surface area is 168 Å². The number of benzene rings is 1. The van der Waals surface area contributed by atoms with Crippen LogP contribution in [0, 0.1) is 6.92 Å². The normalized spacial score (nSPS) is 17.8. The summed E-state index contributed by atoms with van der Waals surface area (Å²) in [6, 6.07) is 7.88. The molecule has 28 heavy (non-hydrogen) atoms. The van der Waals surface area contributed by atoms with Crippen molar-refractivity contribution in [1.82, 2.24) is 19.7 Å². The van der Waals surface area contributed by atoms with Gasteiger partial charge in [-0.15, -0.1) is 10.2 Å². The molecule has 0 bridgehead atoms. The molecule has 0 aliphatic carbocycles. The number of ether oxygens (including phenoxy) is 2. The molecule has 4 rings (SSSR count). The second-order valence-electron chi connectivity index (χ2n) is 6.85. The molecule has 3 heterocycles. The molecule has 0 N–H and O–H groups in total. The molecular weight excluding hydrogens is 376 g/mol. The van der Waals surface area contributed by atoms with E-state index in [1.54, 1.807) is 25.1 Å². The number of aromatic nitrogens is 4. The van der Waals surface area contributed by atoms with Gasteiger partial charge >= 0.3 is 0 Å². The van der Waals surface area contributed by atoms with E-state index in [1.165, 1.54) is 0 Å². The molecule has 2 atom stereocenters. The van der Waals surface area contributed by atoms with Gasteiger partial charge in [-0.3, -0.25) is 4.57 Å². The van der Waals surface area contributed by atoms with E-state index in [1.807, 2.05) is 31.2 Å². The number of nitrogens with zero attached hydrogens (tertiary/aromatic N) is 4. The van der Waals surface area contributed by atoms with Crippen LogP contribution in [0.5, 0.6) is 5.75 Å². The lowest BCUT2D eigenvalue weighted by atomic mass is 10.2. The van der Waals surface area contributed by atoms with Crippen LogP contribution in [0.15, 0.2) is 40.0 Å². The largest absolute Gasteiger partial charge is 0.497 e. The van der Waals surface area contributed by atoms with Crippen LogP contribution in [0.25, 0.3) is 11.4 Å². The van der Waals surface area contributed by atoms with Crippen LogP contribution in [-0.2, 0) is 11.3 Å². The second kappa shape index (κ2) is 8.36. The Morgan fingerprint density at radius 1 is 1.29 bits per heavy atom. The minimum absolute atomic E-state index is 0.0323. The summed E-state index contributed by atoms with van der Waals surface area (Å²) in [5.41, 5.74) is 0.998. The summed E-state index contributed by atoms with van der Waals surface area (Å²) in [5.74, 6) is 3.15. The van der Waals surface area contributed by atoms with Crippen molar-refractivity contribution in [2.45, 2.75) is 49.7 Å². The first-order chi connectivity index (χ1) is 13.6. The van der Waals surface area contributed by atoms with E-state index in [9.17, 15) is 0 Å². The van der Waals surface area contributed by atoms with Gasteiger partial charge in [0, 0.05) is 12.2 Å². The zero-order chi connectivity index (χ0) is 19.5. The number of rotatable bonds is 7. The Morgan fingerprint density at radius 2 is 2.11 bits per heavy atom. The summed E-state index contributed by atoms with van der Waals surface area (Å²) in [7, 11) is 1.66. The van der Waals surface area contributed by atoms with Crippen LogP contribution in [0.1, 0.15) is 36.7 Å². The maximum absolute atomic E-state index is 5.87. The first-order valence-electron chi connectivity index (χ1n) is 9.42. The van der Waals surface area contributed by atoms with Crippen LogP contribution in [0.3, 0.4) is 0 Å². The summed E-state index contributed by atoms with van der Waals surface area (Å²) >= 11 is 1.60. The summed E-state index contributed by atoms with van der Waals surface area (Å²) in [6.07, 6.45) is 4.08. The highest BCUT2D eigenvalue weighted by Gasteiger charge is 2.24. The van der Waals surface area contributed by atoms with Crippen molar-refractivity contribution in [3.8, 4) is 17.1 Å². The predicted octanol–water partition coefficient (Wildman–Crippen LogP) is 4.28. The minimum atomic E-state index is 0.0323. The molecular formula is C20H24N4O3S. The van der Waals surface area contributed by atoms with Crippen molar-refractivity contribution >= 4 is 11.8 Å². The van der Waals surface area contributed by atoms with Gasteiger partial charge in [-0.25, -0.2) is 4.98 Å². The zero-order valence-electron chi connectivity index (χ0n) is 16.3. The third-order valence-corrected chi connectivity index (χ3v) is 5.81. The van der Waals surface area contributed by atoms with Crippen LogP contribution < -0.4 is 4.74 Å². The van der Waals surface area contributed by atoms with Gasteiger partial charge in [-0.2, -0.15) is 0 Å². The summed E-state index contributed by atoms with van der Waals surface area (Å²) < 4.78 is 19.0. The van der Waals surface area contributed by atoms with E-state index < -0.39 is 0 Å². The van der Waals surface area contributed by atoms with Crippen molar-refractivity contribution in [2.24, 2.45) is 0 Å². The van der Waals surface area contributed by atoms with E-state index in [2.05, 4.69) is 26.7 Å². The molecule has 1 aliphatic heterocycles. The number of hydrogen-bond acceptors (Lipinski definition) is 7. The molecule has 0 radical (unpaired) electrons. The molecule has 2 aromatic heterocycles. The van der Waals surface area contributed by atoms with E-state index in [-0.39, 0.29) is 11.4 Å². The van der Waals surface area contributed by atoms with Gasteiger partial charge in [-0.05, 0) is 51.0 Å². The third kappa shape index (κ3) is 4.07. The van der Waals surface area contributed by atoms with Gasteiger partial charge in [0.25, 0.3) is 0 Å². The van der Waals surface area contributed by atoms with Gasteiger partial charge in [0.05, 0.1) is 31.2 Å². The first-order valence-corrected chi connectivity index (χ1v) is 10.3. The fourth-order valence-corrected chi connectivity index (χ4v) is 4.16. The topological polar surface area (TPSA) is 75.2 Å². The highest BCUT2D eigenvalue weighted by Crippen LogP contribution is 2.36. The number of aryl methyl sites for hydroxylation is 1. The van der Waals surface area contributed by atoms with Crippen molar-refractivity contribution < 1.29 is 13.9 Å². The molecule has 0 saturated carbocycles. The van der Waals surface area contributed by atoms with E-state index in [0.29, 0.717) is 5.89 Å². The molecule has 3 aromatic rings. The average molecular weight is 401 g/mol. The molecule has 148 valence electrons. The van der Waals surface area contributed by atoms with Crippen LogP contribution in [-0.4, -0.2) is 39.6 Å². The van der Waals surface area contributed by atoms with Crippen LogP contribution in [0.2, 0.25) is 0 Å². The highest BCUT2D eigenvalue weighted by molar-refractivity contribution is 7.99. The lowest BCUT2D eigenvalue weighted by Gasteiger charge is -2.16. The number of thioether (sulfide) groups is 1. The lowest BCUT2D eigenvalue weighted by molar-refractivity contribution is 0.0953. The Balaban J connectivity index is 1.63. The Kier molecular flexibility index (Phi) is 5.68. The molecule has 0 unspecified atom stereocenters. The van der Waals surface area contributed by atoms with Gasteiger partial charge in [-0.1, -0.05) is 11.8 Å². The standard InChI is InChI=1S/C20H24N4O3S/c1-13-11-21-19(27-13)14(2)28-20-23-22-18(15-6-8-16(25-3)9-7-15)24(20)12-17-5-4-10-26-17/h6-9,11,14,17H,4-5,10,12H2,1-3H3/t14-,17+/m0/s1. The van der Waals surface area contributed by atoms with Gasteiger partial charge < -0.3 is 13.9 Å². The third-order valence-electron chi connectivity index (χ3n) is 4.74. The molecule has 7 nitrogen and oxygen atoms in total. The SMILES string of the molecule is COc1ccc(-c2nnc(S[C@@H](C)c3ncc(C)o3)n2C[C@H]2CCCO2)cc1. The van der Waals surface area contributed by atoms with Crippen molar-refractivity contribution in [3.05, 3.63) is 42.1 Å². The molecule has 1 saturated heterocycles. The number of hydrogen-bond donors (Lipinski definition) is 0. The smallest absolute Gasteiger partial charge is 0.207 e. The monoisotopic (exact) mass is 400 g/mol. The minimum Gasteiger partial charge on any atom is -0.497 e. The fraction of sp³-hybridized carbons (Fsp3) is 0.450. The molecule has 0 amide bonds. The zero-order valence-corrected chi connectivity index (χ0v) is 17.1. The van der Waals surface area contributed by atoms with Crippen molar-refractivity contribution in [2.75, 3.05) is 13.7 Å². The quantitative estimate of drug-likeness (QED) is 0.548. The van der Waals surface area contributed by atoms with E-state index in [0.717, 1.165) is 54.0 Å². The number of methoxy groups -OCH3 is 1. The summed E-state index contributed by atoms with van der Waals surface area (Å²) in [5, 5.41) is 9.82. The summed E-state index contributed by atoms with van der Waals surface area (Å²) in [6.45, 7) is 5.51. The molecule has 1 aromatic carbocycles. The fourth-order valence-electron chi connectivity index (χ4n) is 3.25. The van der Waals surface area contributed by atoms with E-state index >= 15 is 0 Å². The average Bonchev–Trinajstić information content (AvgIpc) is 3.45. The van der Waals surface area contributed by atoms with Gasteiger partial charge in [0.2, 0.25) is 5.89 Å². The maximum Gasteiger partial charge on any atom is 0.207 e. The Hall–Kier alpha value is -2.32. The second-order valence-corrected chi connectivity index (χ2v) is 8.16. The summed E-state index contributed by atoms with van der Waals surface area (Å²) in [4.78, 5) is 4.35. The predicted molar refractivity (Wildman–Crippen MR) is 106 cm³/mol. The van der Waals surface area contributed by atoms with Crippen molar-refractivity contribution in [1.29, 1.82) is 0 Å². The first kappa shape index (κ1) is 19.0. The number of oxazole rings is 1. The van der Waals surface area contributed by atoms with Gasteiger partial charge in [0.1, 0.15) is 11.5 Å². The van der Waals surface area contributed by atoms with E-state index in [4.69, 9.17) is 13.9 Å². The maximum atomic E-state index is 5.87. The van der Waals surface area contributed by atoms with Crippen LogP contribution in [0.4, 0.5) is 0 Å². The lowest BCUT2D eigenvalue weighted by Crippen LogP contribution is -2.16. The Bertz CT molecular complexity index is 916. The Morgan fingerprint density at radius 3 is 2.75 bits per heavy atom. The molecule has 1 aliphatic rings. The molecule has 1 fully saturated rings. The van der Waals surface area contributed by atoms with Gasteiger partial charge in [0.15, 0.2) is 11.0 Å². The van der Waals surface area contributed by atoms with Crippen LogP contribution >= 0.6 is 11.8 Å². The molecule has 0 spiro atoms. The van der Waals surface area contributed by atoms with Crippen molar-refractivity contribution in [3.63, 3.8) is 0 Å².